The Balaban J connectivity index is 2.09. The molecule has 0 radical (unpaired) electrons. The molecule has 0 fully saturated rings. The number of fused-ring (bicyclic) bond motifs is 1. The maximum atomic E-state index is 12.2. The summed E-state index contributed by atoms with van der Waals surface area (Å²) in [6.07, 6.45) is 2.65. The van der Waals surface area contributed by atoms with Crippen LogP contribution < -0.4 is 4.90 Å². The zero-order valence-corrected chi connectivity index (χ0v) is 9.98. The van der Waals surface area contributed by atoms with Crippen molar-refractivity contribution in [1.29, 1.82) is 0 Å². The van der Waals surface area contributed by atoms with Crippen molar-refractivity contribution in [2.24, 2.45) is 0 Å². The number of amides is 2. The highest BCUT2D eigenvalue weighted by atomic mass is 16.4. The maximum Gasteiger partial charge on any atom is 0.354 e. The number of rotatable bonds is 2. The number of aromatic nitrogens is 2. The van der Waals surface area contributed by atoms with Gasteiger partial charge in [-0.2, -0.15) is 0 Å². The normalized spacial score (nSPS) is 13.5. The molecule has 3 rings (SSSR count). The number of pyridine rings is 2. The van der Waals surface area contributed by atoms with Crippen molar-refractivity contribution in [1.82, 2.24) is 9.97 Å². The molecular formula is C13H7N3O4. The molecule has 0 unspecified atom stereocenters. The van der Waals surface area contributed by atoms with Gasteiger partial charge in [0.2, 0.25) is 0 Å². The number of hydrogen-bond donors (Lipinski definition) is 1. The van der Waals surface area contributed by atoms with Crippen molar-refractivity contribution in [3.05, 3.63) is 53.6 Å². The maximum absolute atomic E-state index is 12.2. The minimum Gasteiger partial charge on any atom is -0.477 e. The van der Waals surface area contributed by atoms with E-state index >= 15 is 0 Å². The van der Waals surface area contributed by atoms with Crippen LogP contribution >= 0.6 is 0 Å². The fourth-order valence-electron chi connectivity index (χ4n) is 1.98. The van der Waals surface area contributed by atoms with Crippen LogP contribution in [0.3, 0.4) is 0 Å². The number of carbonyl (C=O) groups is 3. The molecule has 1 aliphatic heterocycles. The summed E-state index contributed by atoms with van der Waals surface area (Å²) in [4.78, 5) is 43.7. The van der Waals surface area contributed by atoms with Gasteiger partial charge in [-0.1, -0.05) is 0 Å². The molecule has 0 saturated carbocycles. The lowest BCUT2D eigenvalue weighted by Crippen LogP contribution is -2.29. The lowest BCUT2D eigenvalue weighted by Gasteiger charge is -2.13. The minimum atomic E-state index is -1.23. The quantitative estimate of drug-likeness (QED) is 0.815. The van der Waals surface area contributed by atoms with E-state index in [2.05, 4.69) is 9.97 Å². The van der Waals surface area contributed by atoms with Gasteiger partial charge in [-0.3, -0.25) is 14.6 Å². The van der Waals surface area contributed by atoms with Gasteiger partial charge >= 0.3 is 5.97 Å². The van der Waals surface area contributed by atoms with Crippen molar-refractivity contribution < 1.29 is 19.5 Å². The van der Waals surface area contributed by atoms with E-state index in [0.717, 1.165) is 4.90 Å². The van der Waals surface area contributed by atoms with Crippen LogP contribution in [0.25, 0.3) is 0 Å². The molecule has 0 bridgehead atoms. The third kappa shape index (κ3) is 1.64. The summed E-state index contributed by atoms with van der Waals surface area (Å²) >= 11 is 0. The van der Waals surface area contributed by atoms with Gasteiger partial charge in [0.15, 0.2) is 0 Å². The first-order valence-corrected chi connectivity index (χ1v) is 5.63. The number of hydrogen-bond acceptors (Lipinski definition) is 5. The predicted molar refractivity (Wildman–Crippen MR) is 66.6 cm³/mol. The standard InChI is InChI=1S/C13H7N3O4/c17-11-8-2-1-4-15-10(8)12(18)16(11)7-3-5-14-9(6-7)13(19)20/h1-6H,(H,19,20). The molecule has 1 N–H and O–H groups in total. The van der Waals surface area contributed by atoms with Gasteiger partial charge in [0, 0.05) is 12.4 Å². The predicted octanol–water partition coefficient (Wildman–Crippen LogP) is 0.975. The molecule has 3 heterocycles. The van der Waals surface area contributed by atoms with Crippen molar-refractivity contribution in [3.63, 3.8) is 0 Å². The first-order chi connectivity index (χ1) is 9.59. The second kappa shape index (κ2) is 4.23. The summed E-state index contributed by atoms with van der Waals surface area (Å²) < 4.78 is 0. The van der Waals surface area contributed by atoms with Gasteiger partial charge < -0.3 is 5.11 Å². The molecule has 0 saturated heterocycles. The molecular weight excluding hydrogens is 262 g/mol. The van der Waals surface area contributed by atoms with Gasteiger partial charge in [0.25, 0.3) is 11.8 Å². The molecule has 0 spiro atoms. The second-order valence-corrected chi connectivity index (χ2v) is 4.05. The van der Waals surface area contributed by atoms with Crippen LogP contribution in [0.15, 0.2) is 36.7 Å². The van der Waals surface area contributed by atoms with Crippen molar-refractivity contribution in [2.75, 3.05) is 4.90 Å². The third-order valence-corrected chi connectivity index (χ3v) is 2.87. The summed E-state index contributed by atoms with van der Waals surface area (Å²) in [6.45, 7) is 0. The van der Waals surface area contributed by atoms with E-state index in [9.17, 15) is 14.4 Å². The van der Waals surface area contributed by atoms with Crippen LogP contribution in [0.5, 0.6) is 0 Å². The Morgan fingerprint density at radius 1 is 1.10 bits per heavy atom. The minimum absolute atomic E-state index is 0.0613. The number of aromatic carboxylic acids is 1. The van der Waals surface area contributed by atoms with Gasteiger partial charge in [-0.05, 0) is 24.3 Å². The lowest BCUT2D eigenvalue weighted by atomic mass is 10.2. The highest BCUT2D eigenvalue weighted by Gasteiger charge is 2.37. The topological polar surface area (TPSA) is 100 Å². The highest BCUT2D eigenvalue weighted by Crippen LogP contribution is 2.26. The van der Waals surface area contributed by atoms with E-state index in [4.69, 9.17) is 5.11 Å². The SMILES string of the molecule is O=C(O)c1cc(N2C(=O)c3cccnc3C2=O)ccn1. The zero-order valence-electron chi connectivity index (χ0n) is 9.98. The smallest absolute Gasteiger partial charge is 0.354 e. The van der Waals surface area contributed by atoms with Crippen molar-refractivity contribution >= 4 is 23.5 Å². The first-order valence-electron chi connectivity index (χ1n) is 5.63. The van der Waals surface area contributed by atoms with Crippen LogP contribution in [-0.4, -0.2) is 32.9 Å². The Morgan fingerprint density at radius 3 is 2.60 bits per heavy atom. The third-order valence-electron chi connectivity index (χ3n) is 2.87. The summed E-state index contributed by atoms with van der Waals surface area (Å²) in [5.41, 5.74) is 0.176. The highest BCUT2D eigenvalue weighted by molar-refractivity contribution is 6.33. The molecule has 2 aromatic heterocycles. The number of anilines is 1. The van der Waals surface area contributed by atoms with Crippen LogP contribution in [0.4, 0.5) is 5.69 Å². The average Bonchev–Trinajstić information content (AvgIpc) is 2.72. The largest absolute Gasteiger partial charge is 0.477 e. The number of nitrogens with zero attached hydrogens (tertiary/aromatic N) is 3. The average molecular weight is 269 g/mol. The first kappa shape index (κ1) is 12.0. The van der Waals surface area contributed by atoms with Gasteiger partial charge in [0.1, 0.15) is 11.4 Å². The second-order valence-electron chi connectivity index (χ2n) is 4.05. The lowest BCUT2D eigenvalue weighted by molar-refractivity contribution is 0.0689. The number of carbonyl (C=O) groups excluding carboxylic acids is 2. The molecule has 0 atom stereocenters. The number of carboxylic acids is 1. The van der Waals surface area contributed by atoms with Crippen molar-refractivity contribution in [3.8, 4) is 0 Å². The Kier molecular flexibility index (Phi) is 2.53. The molecule has 20 heavy (non-hydrogen) atoms. The van der Waals surface area contributed by atoms with Crippen LogP contribution in [0, 0.1) is 0 Å². The number of carboxylic acid groups (broad SMARTS) is 1. The van der Waals surface area contributed by atoms with Crippen LogP contribution in [0.1, 0.15) is 31.3 Å². The molecule has 7 heteroatoms. The van der Waals surface area contributed by atoms with E-state index in [1.54, 1.807) is 6.07 Å². The fourth-order valence-corrected chi connectivity index (χ4v) is 1.98. The van der Waals surface area contributed by atoms with E-state index in [0.29, 0.717) is 0 Å². The summed E-state index contributed by atoms with van der Waals surface area (Å²) in [7, 11) is 0. The molecule has 0 aliphatic carbocycles. The Morgan fingerprint density at radius 2 is 1.90 bits per heavy atom. The molecule has 0 aromatic carbocycles. The fraction of sp³-hybridized carbons (Fsp3) is 0. The van der Waals surface area contributed by atoms with Crippen molar-refractivity contribution in [2.45, 2.75) is 0 Å². The summed E-state index contributed by atoms with van der Waals surface area (Å²) in [6, 6.07) is 5.63. The molecule has 7 nitrogen and oxygen atoms in total. The molecule has 98 valence electrons. The van der Waals surface area contributed by atoms with E-state index < -0.39 is 17.8 Å². The van der Waals surface area contributed by atoms with E-state index in [1.165, 1.54) is 30.6 Å². The number of imide groups is 1. The Hall–Kier alpha value is -3.09. The van der Waals surface area contributed by atoms with Gasteiger partial charge in [0.05, 0.1) is 11.3 Å². The zero-order chi connectivity index (χ0) is 14.3. The molecule has 2 amide bonds. The van der Waals surface area contributed by atoms with E-state index in [1.807, 2.05) is 0 Å². The van der Waals surface area contributed by atoms with Gasteiger partial charge in [-0.25, -0.2) is 14.7 Å². The Labute approximate surface area is 112 Å². The molecule has 2 aromatic rings. The monoisotopic (exact) mass is 269 g/mol. The van der Waals surface area contributed by atoms with Crippen LogP contribution in [0.2, 0.25) is 0 Å². The van der Waals surface area contributed by atoms with Gasteiger partial charge in [-0.15, -0.1) is 0 Å². The van der Waals surface area contributed by atoms with Crippen LogP contribution in [-0.2, 0) is 0 Å². The molecule has 1 aliphatic rings. The Bertz CT molecular complexity index is 722. The summed E-state index contributed by atoms with van der Waals surface area (Å²) in [5, 5.41) is 8.89. The van der Waals surface area contributed by atoms with E-state index in [-0.39, 0.29) is 22.6 Å². The summed E-state index contributed by atoms with van der Waals surface area (Å²) in [5.74, 6) is -2.34.